The molecule has 0 saturated carbocycles. The molecule has 0 fully saturated rings. The molecule has 3 rings (SSSR count). The quantitative estimate of drug-likeness (QED) is 0.523. The van der Waals surface area contributed by atoms with Gasteiger partial charge in [0.05, 0.1) is 0 Å². The molecule has 7 heteroatoms. The highest BCUT2D eigenvalue weighted by Crippen LogP contribution is 2.18. The van der Waals surface area contributed by atoms with Crippen molar-refractivity contribution in [3.05, 3.63) is 71.4 Å². The number of thiocarbonyl (C=S) groups is 1. The fourth-order valence-electron chi connectivity index (χ4n) is 2.28. The van der Waals surface area contributed by atoms with Crippen LogP contribution in [0.1, 0.15) is 12.5 Å². The van der Waals surface area contributed by atoms with Gasteiger partial charge in [0.25, 0.3) is 0 Å². The minimum Gasteiger partial charge on any atom is -0.339 e. The maximum absolute atomic E-state index is 5.73. The molecule has 2 aromatic carbocycles. The average Bonchev–Trinajstić information content (AvgIpc) is 2.66. The van der Waals surface area contributed by atoms with E-state index in [0.717, 1.165) is 23.5 Å². The molecule has 0 saturated heterocycles. The highest BCUT2D eigenvalue weighted by molar-refractivity contribution is 7.80. The van der Waals surface area contributed by atoms with Crippen LogP contribution in [0, 0.1) is 0 Å². The van der Waals surface area contributed by atoms with Gasteiger partial charge in [-0.15, -0.1) is 10.2 Å². The molecule has 5 nitrogen and oxygen atoms in total. The second-order valence-corrected chi connectivity index (χ2v) is 6.37. The molecule has 0 amide bonds. The molecule has 1 heterocycles. The van der Waals surface area contributed by atoms with Gasteiger partial charge >= 0.3 is 0 Å². The van der Waals surface area contributed by atoms with E-state index in [1.54, 1.807) is 12.1 Å². The van der Waals surface area contributed by atoms with E-state index in [2.05, 4.69) is 45.2 Å². The number of halogens is 1. The maximum atomic E-state index is 5.73. The Morgan fingerprint density at radius 2 is 1.42 bits per heavy atom. The van der Waals surface area contributed by atoms with Crippen molar-refractivity contribution in [2.24, 2.45) is 0 Å². The molecular weight excluding hydrogens is 366 g/mol. The SMILES string of the molecule is CCc1ccc(NC(=S)Nc2ccc(Nc3ccc(Cl)nn3)cc2)cc1. The van der Waals surface area contributed by atoms with Crippen LogP contribution in [0.25, 0.3) is 0 Å². The van der Waals surface area contributed by atoms with Gasteiger partial charge in [0.2, 0.25) is 0 Å². The highest BCUT2D eigenvalue weighted by Gasteiger charge is 2.01. The van der Waals surface area contributed by atoms with Crippen LogP contribution >= 0.6 is 23.8 Å². The number of hydrogen-bond acceptors (Lipinski definition) is 4. The van der Waals surface area contributed by atoms with Crippen LogP contribution < -0.4 is 16.0 Å². The van der Waals surface area contributed by atoms with E-state index in [1.165, 1.54) is 5.56 Å². The largest absolute Gasteiger partial charge is 0.339 e. The number of nitrogens with zero attached hydrogens (tertiary/aromatic N) is 2. The molecule has 3 aromatic rings. The molecule has 3 N–H and O–H groups in total. The molecule has 0 aliphatic heterocycles. The normalized spacial score (nSPS) is 10.2. The van der Waals surface area contributed by atoms with E-state index >= 15 is 0 Å². The van der Waals surface area contributed by atoms with Gasteiger partial charge < -0.3 is 16.0 Å². The van der Waals surface area contributed by atoms with E-state index in [-0.39, 0.29) is 0 Å². The summed E-state index contributed by atoms with van der Waals surface area (Å²) in [5.74, 6) is 0.628. The first kappa shape index (κ1) is 18.1. The lowest BCUT2D eigenvalue weighted by Crippen LogP contribution is -2.18. The molecule has 0 aliphatic rings. The van der Waals surface area contributed by atoms with Gasteiger partial charge in [-0.05, 0) is 72.7 Å². The molecule has 1 aromatic heterocycles. The number of benzene rings is 2. The number of anilines is 4. The fraction of sp³-hybridized carbons (Fsp3) is 0.105. The zero-order valence-corrected chi connectivity index (χ0v) is 15.7. The lowest BCUT2D eigenvalue weighted by atomic mass is 10.1. The molecule has 132 valence electrons. The van der Waals surface area contributed by atoms with Crippen molar-refractivity contribution in [2.45, 2.75) is 13.3 Å². The number of rotatable bonds is 5. The third-order valence-electron chi connectivity index (χ3n) is 3.67. The summed E-state index contributed by atoms with van der Waals surface area (Å²) >= 11 is 11.1. The van der Waals surface area contributed by atoms with E-state index in [9.17, 15) is 0 Å². The first-order chi connectivity index (χ1) is 12.6. The molecule has 0 bridgehead atoms. The average molecular weight is 384 g/mol. The van der Waals surface area contributed by atoms with E-state index < -0.39 is 0 Å². The summed E-state index contributed by atoms with van der Waals surface area (Å²) in [7, 11) is 0. The molecular formula is C19H18ClN5S. The Hall–Kier alpha value is -2.70. The Balaban J connectivity index is 1.56. The first-order valence-corrected chi connectivity index (χ1v) is 8.94. The summed E-state index contributed by atoms with van der Waals surface area (Å²) in [6.45, 7) is 2.13. The van der Waals surface area contributed by atoms with Crippen LogP contribution in [-0.4, -0.2) is 15.3 Å². The van der Waals surface area contributed by atoms with Gasteiger partial charge in [-0.25, -0.2) is 0 Å². The van der Waals surface area contributed by atoms with Crippen molar-refractivity contribution < 1.29 is 0 Å². The van der Waals surface area contributed by atoms with Crippen LogP contribution in [0.2, 0.25) is 5.15 Å². The van der Waals surface area contributed by atoms with Crippen molar-refractivity contribution in [3.8, 4) is 0 Å². The molecule has 0 atom stereocenters. The third-order valence-corrected chi connectivity index (χ3v) is 4.07. The van der Waals surface area contributed by atoms with Crippen molar-refractivity contribution in [1.82, 2.24) is 10.2 Å². The summed E-state index contributed by atoms with van der Waals surface area (Å²) in [6, 6.07) is 19.4. The number of aryl methyl sites for hydroxylation is 1. The van der Waals surface area contributed by atoms with Gasteiger partial charge in [0, 0.05) is 17.1 Å². The first-order valence-electron chi connectivity index (χ1n) is 8.15. The maximum Gasteiger partial charge on any atom is 0.175 e. The van der Waals surface area contributed by atoms with Crippen molar-refractivity contribution in [2.75, 3.05) is 16.0 Å². The standard InChI is InChI=1S/C19H18ClN5S/c1-2-13-3-5-15(6-4-13)22-19(26)23-16-9-7-14(8-10-16)21-18-12-11-17(20)24-25-18/h3-12H,2H2,1H3,(H,21,25)(H2,22,23,26). The number of nitrogens with one attached hydrogen (secondary N) is 3. The van der Waals surface area contributed by atoms with Crippen LogP contribution in [0.4, 0.5) is 22.9 Å². The smallest absolute Gasteiger partial charge is 0.175 e. The fourth-order valence-corrected chi connectivity index (χ4v) is 2.62. The number of hydrogen-bond donors (Lipinski definition) is 3. The van der Waals surface area contributed by atoms with Crippen molar-refractivity contribution in [3.63, 3.8) is 0 Å². The van der Waals surface area contributed by atoms with Gasteiger partial charge in [0.15, 0.2) is 16.1 Å². The molecule has 0 radical (unpaired) electrons. The highest BCUT2D eigenvalue weighted by atomic mass is 35.5. The van der Waals surface area contributed by atoms with Gasteiger partial charge in [-0.1, -0.05) is 30.7 Å². The Bertz CT molecular complexity index is 864. The Morgan fingerprint density at radius 1 is 0.846 bits per heavy atom. The Kier molecular flexibility index (Phi) is 5.99. The Morgan fingerprint density at radius 3 is 1.96 bits per heavy atom. The summed E-state index contributed by atoms with van der Waals surface area (Å²) in [5, 5.41) is 18.2. The zero-order valence-electron chi connectivity index (χ0n) is 14.2. The van der Waals surface area contributed by atoms with Crippen LogP contribution in [0.3, 0.4) is 0 Å². The van der Waals surface area contributed by atoms with E-state index in [1.807, 2.05) is 36.4 Å². The lowest BCUT2D eigenvalue weighted by molar-refractivity contribution is 1.04. The monoisotopic (exact) mass is 383 g/mol. The minimum atomic E-state index is 0.362. The predicted molar refractivity (Wildman–Crippen MR) is 112 cm³/mol. The molecule has 0 aliphatic carbocycles. The topological polar surface area (TPSA) is 61.9 Å². The molecule has 26 heavy (non-hydrogen) atoms. The third kappa shape index (κ3) is 5.15. The predicted octanol–water partition coefficient (Wildman–Crippen LogP) is 5.24. The van der Waals surface area contributed by atoms with E-state index in [4.69, 9.17) is 23.8 Å². The van der Waals surface area contributed by atoms with Crippen molar-refractivity contribution >= 4 is 51.8 Å². The zero-order chi connectivity index (χ0) is 18.4. The number of aromatic nitrogens is 2. The summed E-state index contributed by atoms with van der Waals surface area (Å²) in [4.78, 5) is 0. The molecule has 0 spiro atoms. The summed E-state index contributed by atoms with van der Waals surface area (Å²) in [5.41, 5.74) is 4.03. The summed E-state index contributed by atoms with van der Waals surface area (Å²) < 4.78 is 0. The van der Waals surface area contributed by atoms with Gasteiger partial charge in [-0.3, -0.25) is 0 Å². The lowest BCUT2D eigenvalue weighted by Gasteiger charge is -2.12. The second-order valence-electron chi connectivity index (χ2n) is 5.57. The Labute approximate surface area is 162 Å². The molecule has 0 unspecified atom stereocenters. The van der Waals surface area contributed by atoms with E-state index in [0.29, 0.717) is 16.1 Å². The van der Waals surface area contributed by atoms with Crippen LogP contribution in [-0.2, 0) is 6.42 Å². The van der Waals surface area contributed by atoms with Gasteiger partial charge in [-0.2, -0.15) is 0 Å². The van der Waals surface area contributed by atoms with Crippen LogP contribution in [0.15, 0.2) is 60.7 Å². The van der Waals surface area contributed by atoms with Crippen LogP contribution in [0.5, 0.6) is 0 Å². The minimum absolute atomic E-state index is 0.362. The summed E-state index contributed by atoms with van der Waals surface area (Å²) in [6.07, 6.45) is 1.02. The second kappa shape index (κ2) is 8.60. The van der Waals surface area contributed by atoms with Gasteiger partial charge in [0.1, 0.15) is 0 Å². The van der Waals surface area contributed by atoms with Crippen molar-refractivity contribution in [1.29, 1.82) is 0 Å².